The first-order valence-corrected chi connectivity index (χ1v) is 15.4. The van der Waals surface area contributed by atoms with Crippen LogP contribution in [-0.4, -0.2) is 36.1 Å². The van der Waals surface area contributed by atoms with Crippen LogP contribution in [0.1, 0.15) is 118 Å². The van der Waals surface area contributed by atoms with Gasteiger partial charge in [-0.05, 0) is 71.9 Å². The molecule has 0 saturated carbocycles. The summed E-state index contributed by atoms with van der Waals surface area (Å²) in [5.41, 5.74) is 12.1. The molecule has 0 amide bonds. The van der Waals surface area contributed by atoms with E-state index in [1.165, 1.54) is 44.8 Å². The largest absolute Gasteiger partial charge is 2.00 e. The van der Waals surface area contributed by atoms with Crippen molar-refractivity contribution in [3.05, 3.63) is 87.7 Å². The Morgan fingerprint density at radius 1 is 0.628 bits per heavy atom. The molecule has 43 heavy (non-hydrogen) atoms. The summed E-state index contributed by atoms with van der Waals surface area (Å²) in [6.45, 7) is 27.3. The molecular formula is C36H54Cl2CuN4. The van der Waals surface area contributed by atoms with Crippen LogP contribution in [-0.2, 0) is 23.6 Å². The van der Waals surface area contributed by atoms with Gasteiger partial charge < -0.3 is 35.4 Å². The van der Waals surface area contributed by atoms with Gasteiger partial charge in [0.05, 0.1) is 5.69 Å². The maximum Gasteiger partial charge on any atom is 2.00 e. The van der Waals surface area contributed by atoms with Crippen molar-refractivity contribution in [1.82, 2.24) is 9.88 Å². The van der Waals surface area contributed by atoms with Crippen molar-refractivity contribution in [3.8, 4) is 0 Å². The molecule has 0 atom stereocenters. The summed E-state index contributed by atoms with van der Waals surface area (Å²) in [5, 5.41) is 7.74. The van der Waals surface area contributed by atoms with E-state index in [9.17, 15) is 0 Å². The quantitative estimate of drug-likeness (QED) is 0.258. The third-order valence-corrected chi connectivity index (χ3v) is 7.75. The van der Waals surface area contributed by atoms with Gasteiger partial charge in [0.1, 0.15) is 0 Å². The van der Waals surface area contributed by atoms with Crippen LogP contribution in [0.5, 0.6) is 0 Å². The predicted octanol–water partition coefficient (Wildman–Crippen LogP) is 3.22. The van der Waals surface area contributed by atoms with Crippen LogP contribution in [0.3, 0.4) is 0 Å². The van der Waals surface area contributed by atoms with Crippen LogP contribution in [0.15, 0.2) is 48.7 Å². The molecule has 3 aromatic rings. The van der Waals surface area contributed by atoms with E-state index in [0.717, 1.165) is 38.4 Å². The first kappa shape index (κ1) is 41.2. The van der Waals surface area contributed by atoms with Crippen molar-refractivity contribution in [1.29, 1.82) is 0 Å². The second-order valence-corrected chi connectivity index (χ2v) is 12.7. The van der Waals surface area contributed by atoms with Crippen LogP contribution >= 0.6 is 0 Å². The molecule has 0 fully saturated rings. The van der Waals surface area contributed by atoms with Crippen LogP contribution in [0.2, 0.25) is 0 Å². The van der Waals surface area contributed by atoms with Gasteiger partial charge in [-0.15, -0.1) is 0 Å². The molecule has 0 spiro atoms. The van der Waals surface area contributed by atoms with E-state index in [-0.39, 0.29) is 41.9 Å². The monoisotopic (exact) mass is 675 g/mol. The Balaban J connectivity index is 0.00000588. The fourth-order valence-corrected chi connectivity index (χ4v) is 5.58. The Morgan fingerprint density at radius 3 is 1.30 bits per heavy atom. The molecule has 4 nitrogen and oxygen atoms in total. The standard InChI is InChI=1S/C36H54N4.2ClH.Cu/c1-24(2)31-19-28(9)20-32(25(3)4)35(31)38-15-17-40(23-30-13-11-12-14-37-30)18-16-39-36-33(26(5)6)21-29(10)22-34(36)27(7)8;;;/h11-14,19-22,24-27,38-39H,15-18,23H2,1-10H3;2*1H;/q;;;+2/p-2. The molecule has 0 unspecified atom stereocenters. The minimum absolute atomic E-state index is 0. The van der Waals surface area contributed by atoms with E-state index in [1.54, 1.807) is 0 Å². The number of pyridine rings is 1. The summed E-state index contributed by atoms with van der Waals surface area (Å²) in [6.07, 6.45) is 1.90. The van der Waals surface area contributed by atoms with E-state index < -0.39 is 0 Å². The molecule has 0 bridgehead atoms. The van der Waals surface area contributed by atoms with Crippen molar-refractivity contribution >= 4 is 11.4 Å². The molecule has 0 aliphatic rings. The third-order valence-electron chi connectivity index (χ3n) is 7.75. The number of hydrogen-bond acceptors (Lipinski definition) is 4. The van der Waals surface area contributed by atoms with E-state index >= 15 is 0 Å². The number of nitrogens with zero attached hydrogens (tertiary/aromatic N) is 2. The zero-order valence-corrected chi connectivity index (χ0v) is 30.4. The molecule has 7 heteroatoms. The van der Waals surface area contributed by atoms with Gasteiger partial charge in [0.15, 0.2) is 0 Å². The number of aromatic nitrogens is 1. The van der Waals surface area contributed by atoms with Gasteiger partial charge in [-0.1, -0.05) is 96.8 Å². The minimum Gasteiger partial charge on any atom is -1.00 e. The van der Waals surface area contributed by atoms with Gasteiger partial charge in [0, 0.05) is 50.3 Å². The van der Waals surface area contributed by atoms with Gasteiger partial charge in [-0.25, -0.2) is 0 Å². The van der Waals surface area contributed by atoms with Gasteiger partial charge in [0.2, 0.25) is 0 Å². The molecular weight excluding hydrogens is 623 g/mol. The second kappa shape index (κ2) is 19.6. The van der Waals surface area contributed by atoms with Gasteiger partial charge in [-0.2, -0.15) is 0 Å². The SMILES string of the molecule is Cc1cc(C(C)C)c(NCCN(CCNc2c(C(C)C)cc(C)cc2C(C)C)Cc2ccccn2)c(C(C)C)c1.[Cl-].[Cl-].[Cu+2]. The maximum atomic E-state index is 4.64. The average Bonchev–Trinajstić information content (AvgIpc) is 2.89. The summed E-state index contributed by atoms with van der Waals surface area (Å²) in [7, 11) is 0. The predicted molar refractivity (Wildman–Crippen MR) is 175 cm³/mol. The van der Waals surface area contributed by atoms with Crippen LogP contribution < -0.4 is 35.4 Å². The van der Waals surface area contributed by atoms with E-state index in [4.69, 9.17) is 0 Å². The van der Waals surface area contributed by atoms with Crippen LogP contribution in [0.4, 0.5) is 11.4 Å². The number of aryl methyl sites for hydroxylation is 2. The number of hydrogen-bond donors (Lipinski definition) is 2. The molecule has 1 aromatic heterocycles. The molecule has 0 aliphatic heterocycles. The Kier molecular flexibility index (Phi) is 18.8. The number of rotatable bonds is 14. The second-order valence-electron chi connectivity index (χ2n) is 12.7. The Morgan fingerprint density at radius 2 is 1.00 bits per heavy atom. The van der Waals surface area contributed by atoms with E-state index in [2.05, 4.69) is 126 Å². The smallest absolute Gasteiger partial charge is 1.00 e. The van der Waals surface area contributed by atoms with Crippen molar-refractivity contribution < 1.29 is 41.9 Å². The summed E-state index contributed by atoms with van der Waals surface area (Å²) in [6, 6.07) is 15.6. The molecule has 0 saturated heterocycles. The van der Waals surface area contributed by atoms with Gasteiger partial charge in [-0.3, -0.25) is 9.88 Å². The summed E-state index contributed by atoms with van der Waals surface area (Å²) < 4.78 is 0. The topological polar surface area (TPSA) is 40.2 Å². The maximum absolute atomic E-state index is 4.64. The molecule has 1 radical (unpaired) electrons. The fourth-order valence-electron chi connectivity index (χ4n) is 5.58. The van der Waals surface area contributed by atoms with Crippen molar-refractivity contribution in [2.45, 2.75) is 99.5 Å². The number of halogens is 2. The average molecular weight is 677 g/mol. The summed E-state index contributed by atoms with van der Waals surface area (Å²) in [5.74, 6) is 1.92. The minimum atomic E-state index is 0. The van der Waals surface area contributed by atoms with Crippen molar-refractivity contribution in [2.75, 3.05) is 36.8 Å². The number of nitrogens with one attached hydrogen (secondary N) is 2. The molecule has 0 aliphatic carbocycles. The first-order chi connectivity index (χ1) is 19.0. The van der Waals surface area contributed by atoms with Gasteiger partial charge >= 0.3 is 17.1 Å². The van der Waals surface area contributed by atoms with Crippen LogP contribution in [0, 0.1) is 13.8 Å². The van der Waals surface area contributed by atoms with Crippen molar-refractivity contribution in [2.24, 2.45) is 0 Å². The molecule has 2 N–H and O–H groups in total. The Hall–Kier alpha value is -1.75. The van der Waals surface area contributed by atoms with Gasteiger partial charge in [0.25, 0.3) is 0 Å². The summed E-state index contributed by atoms with van der Waals surface area (Å²) >= 11 is 0. The van der Waals surface area contributed by atoms with Crippen LogP contribution in [0.25, 0.3) is 0 Å². The van der Waals surface area contributed by atoms with Crippen molar-refractivity contribution in [3.63, 3.8) is 0 Å². The fraction of sp³-hybridized carbons (Fsp3) is 0.528. The zero-order chi connectivity index (χ0) is 29.4. The molecule has 243 valence electrons. The number of benzene rings is 2. The zero-order valence-electron chi connectivity index (χ0n) is 27.9. The molecule has 3 rings (SSSR count). The molecule has 2 aromatic carbocycles. The van der Waals surface area contributed by atoms with E-state index in [1.807, 2.05) is 12.3 Å². The third kappa shape index (κ3) is 11.9. The number of anilines is 2. The van der Waals surface area contributed by atoms with E-state index in [0.29, 0.717) is 23.7 Å². The molecule has 1 heterocycles. The summed E-state index contributed by atoms with van der Waals surface area (Å²) in [4.78, 5) is 7.16. The normalized spacial score (nSPS) is 11.0. The first-order valence-electron chi connectivity index (χ1n) is 15.4. The Labute approximate surface area is 285 Å². The Bertz CT molecular complexity index is 1100.